The number of halogens is 3. The Morgan fingerprint density at radius 2 is 1.61 bits per heavy atom. The monoisotopic (exact) mass is 354 g/mol. The Morgan fingerprint density at radius 3 is 1.96 bits per heavy atom. The average molecular weight is 354 g/mol. The van der Waals surface area contributed by atoms with Gasteiger partial charge in [0.1, 0.15) is 0 Å². The zero-order chi connectivity index (χ0) is 17.7. The van der Waals surface area contributed by atoms with Crippen LogP contribution < -0.4 is 10.6 Å². The van der Waals surface area contributed by atoms with Crippen molar-refractivity contribution in [3.05, 3.63) is 35.9 Å². The molecule has 1 aromatic rings. The minimum absolute atomic E-state index is 0.0986. The SMILES string of the molecule is CC(C)C1(Cc2ccccc2)NCCN1.O=S(=O)(O)C(F)(F)F. The fourth-order valence-electron chi connectivity index (χ4n) is 2.29. The predicted molar refractivity (Wildman–Crippen MR) is 81.3 cm³/mol. The minimum Gasteiger partial charge on any atom is -0.298 e. The van der Waals surface area contributed by atoms with Gasteiger partial charge in [-0.25, -0.2) is 0 Å². The first-order valence-corrected chi connectivity index (χ1v) is 8.50. The second-order valence-electron chi connectivity index (χ2n) is 5.56. The maximum absolute atomic E-state index is 10.7. The van der Waals surface area contributed by atoms with Gasteiger partial charge in [-0.15, -0.1) is 0 Å². The molecule has 3 N–H and O–H groups in total. The quantitative estimate of drug-likeness (QED) is 0.573. The van der Waals surface area contributed by atoms with Crippen molar-refractivity contribution in [1.82, 2.24) is 10.6 Å². The number of rotatable bonds is 3. The fourth-order valence-corrected chi connectivity index (χ4v) is 2.29. The van der Waals surface area contributed by atoms with E-state index in [0.29, 0.717) is 5.92 Å². The van der Waals surface area contributed by atoms with E-state index in [2.05, 4.69) is 54.8 Å². The molecule has 1 aliphatic heterocycles. The van der Waals surface area contributed by atoms with E-state index < -0.39 is 15.6 Å². The van der Waals surface area contributed by atoms with Gasteiger partial charge in [-0.1, -0.05) is 44.2 Å². The highest BCUT2D eigenvalue weighted by atomic mass is 32.2. The molecular formula is C14H21F3N2O3S. The van der Waals surface area contributed by atoms with Gasteiger partial charge in [-0.2, -0.15) is 21.6 Å². The summed E-state index contributed by atoms with van der Waals surface area (Å²) in [5.41, 5.74) is -4.04. The zero-order valence-corrected chi connectivity index (χ0v) is 13.7. The van der Waals surface area contributed by atoms with Gasteiger partial charge in [0.25, 0.3) is 0 Å². The smallest absolute Gasteiger partial charge is 0.298 e. The molecule has 1 aliphatic rings. The van der Waals surface area contributed by atoms with E-state index in [9.17, 15) is 13.2 Å². The molecule has 1 saturated heterocycles. The molecule has 9 heteroatoms. The van der Waals surface area contributed by atoms with Crippen molar-refractivity contribution in [2.75, 3.05) is 13.1 Å². The van der Waals surface area contributed by atoms with E-state index in [1.54, 1.807) is 0 Å². The molecule has 0 aromatic heterocycles. The van der Waals surface area contributed by atoms with Crippen LogP contribution in [0, 0.1) is 5.92 Å². The van der Waals surface area contributed by atoms with Gasteiger partial charge in [-0.05, 0) is 11.5 Å². The molecule has 5 nitrogen and oxygen atoms in total. The number of alkyl halides is 3. The van der Waals surface area contributed by atoms with E-state index >= 15 is 0 Å². The Labute approximate surface area is 134 Å². The van der Waals surface area contributed by atoms with Crippen molar-refractivity contribution in [2.24, 2.45) is 5.92 Å². The molecule has 2 rings (SSSR count). The lowest BCUT2D eigenvalue weighted by atomic mass is 9.90. The molecule has 0 amide bonds. The van der Waals surface area contributed by atoms with Crippen molar-refractivity contribution in [3.8, 4) is 0 Å². The summed E-state index contributed by atoms with van der Waals surface area (Å²) in [5, 5.41) is 7.21. The highest BCUT2D eigenvalue weighted by Gasteiger charge is 2.44. The van der Waals surface area contributed by atoms with E-state index in [1.807, 2.05) is 0 Å². The van der Waals surface area contributed by atoms with Crippen molar-refractivity contribution >= 4 is 10.1 Å². The fraction of sp³-hybridized carbons (Fsp3) is 0.571. The first-order chi connectivity index (χ1) is 10.5. The molecule has 0 spiro atoms. The van der Waals surface area contributed by atoms with Gasteiger partial charge in [0.2, 0.25) is 0 Å². The second kappa shape index (κ2) is 7.61. The van der Waals surface area contributed by atoms with Crippen molar-refractivity contribution in [3.63, 3.8) is 0 Å². The summed E-state index contributed by atoms with van der Waals surface area (Å²) in [5.74, 6) is 0.597. The Morgan fingerprint density at radius 1 is 1.17 bits per heavy atom. The molecule has 23 heavy (non-hydrogen) atoms. The highest BCUT2D eigenvalue weighted by molar-refractivity contribution is 7.86. The van der Waals surface area contributed by atoms with E-state index in [-0.39, 0.29) is 5.66 Å². The minimum atomic E-state index is -5.84. The van der Waals surface area contributed by atoms with Crippen molar-refractivity contribution < 1.29 is 26.1 Å². The third-order valence-corrected chi connectivity index (χ3v) is 4.19. The summed E-state index contributed by atoms with van der Waals surface area (Å²) in [7, 11) is -5.84. The average Bonchev–Trinajstić information content (AvgIpc) is 2.88. The Kier molecular flexibility index (Phi) is 6.58. The van der Waals surface area contributed by atoms with Crippen LogP contribution in [0.1, 0.15) is 19.4 Å². The molecular weight excluding hydrogens is 333 g/mol. The van der Waals surface area contributed by atoms with Crippen LogP contribution in [0.3, 0.4) is 0 Å². The van der Waals surface area contributed by atoms with Crippen molar-refractivity contribution in [2.45, 2.75) is 31.4 Å². The zero-order valence-electron chi connectivity index (χ0n) is 12.9. The van der Waals surface area contributed by atoms with Crippen LogP contribution in [0.25, 0.3) is 0 Å². The van der Waals surface area contributed by atoms with Gasteiger partial charge in [0.05, 0.1) is 5.66 Å². The molecule has 0 radical (unpaired) electrons. The molecule has 1 aromatic carbocycles. The summed E-state index contributed by atoms with van der Waals surface area (Å²) in [4.78, 5) is 0. The van der Waals surface area contributed by atoms with Crippen LogP contribution in [-0.2, 0) is 16.5 Å². The van der Waals surface area contributed by atoms with Crippen LogP contribution in [0.5, 0.6) is 0 Å². The number of nitrogens with one attached hydrogen (secondary N) is 2. The molecule has 132 valence electrons. The predicted octanol–water partition coefficient (Wildman–Crippen LogP) is 2.17. The molecule has 0 aliphatic carbocycles. The summed E-state index contributed by atoms with van der Waals surface area (Å²) in [6, 6.07) is 10.7. The summed E-state index contributed by atoms with van der Waals surface area (Å²) < 4.78 is 57.5. The Hall–Kier alpha value is -1.16. The first kappa shape index (κ1) is 19.9. The van der Waals surface area contributed by atoms with E-state index in [0.717, 1.165) is 19.5 Å². The van der Waals surface area contributed by atoms with E-state index in [1.165, 1.54) is 5.56 Å². The van der Waals surface area contributed by atoms with Gasteiger partial charge < -0.3 is 0 Å². The van der Waals surface area contributed by atoms with Crippen LogP contribution in [0.2, 0.25) is 0 Å². The maximum Gasteiger partial charge on any atom is 0.522 e. The molecule has 1 heterocycles. The number of hydrogen-bond donors (Lipinski definition) is 3. The normalized spacial score (nSPS) is 17.7. The number of hydrogen-bond acceptors (Lipinski definition) is 4. The standard InChI is InChI=1S/C13H20N2.CHF3O3S/c1-11(2)13(14-8-9-15-13)10-12-6-4-3-5-7-12;2-1(3,4)8(5,6)7/h3-7,11,14-15H,8-10H2,1-2H3;(H,5,6,7). The van der Waals surface area contributed by atoms with Gasteiger partial charge >= 0.3 is 15.6 Å². The summed E-state index contributed by atoms with van der Waals surface area (Å²) in [6.45, 7) is 6.69. The van der Waals surface area contributed by atoms with Crippen LogP contribution >= 0.6 is 0 Å². The second-order valence-corrected chi connectivity index (χ2v) is 6.98. The topological polar surface area (TPSA) is 78.4 Å². The summed E-state index contributed by atoms with van der Waals surface area (Å²) in [6.07, 6.45) is 1.06. The Balaban J connectivity index is 0.000000284. The van der Waals surface area contributed by atoms with Gasteiger partial charge in [0, 0.05) is 19.5 Å². The largest absolute Gasteiger partial charge is 0.522 e. The first-order valence-electron chi connectivity index (χ1n) is 7.06. The number of benzene rings is 1. The molecule has 0 atom stereocenters. The van der Waals surface area contributed by atoms with Gasteiger partial charge in [0.15, 0.2) is 0 Å². The summed E-state index contributed by atoms with van der Waals surface area (Å²) >= 11 is 0. The molecule has 0 unspecified atom stereocenters. The third-order valence-electron chi connectivity index (χ3n) is 3.61. The van der Waals surface area contributed by atoms with E-state index in [4.69, 9.17) is 13.0 Å². The van der Waals surface area contributed by atoms with Gasteiger partial charge in [-0.3, -0.25) is 15.2 Å². The van der Waals surface area contributed by atoms with Crippen LogP contribution in [0.4, 0.5) is 13.2 Å². The van der Waals surface area contributed by atoms with Crippen LogP contribution in [-0.4, -0.2) is 37.2 Å². The molecule has 1 fully saturated rings. The van der Waals surface area contributed by atoms with Crippen molar-refractivity contribution in [1.29, 1.82) is 0 Å². The molecule has 0 bridgehead atoms. The van der Waals surface area contributed by atoms with Crippen LogP contribution in [0.15, 0.2) is 30.3 Å². The molecule has 0 saturated carbocycles. The lowest BCUT2D eigenvalue weighted by molar-refractivity contribution is -0.0510. The lowest BCUT2D eigenvalue weighted by Gasteiger charge is -2.34. The highest BCUT2D eigenvalue weighted by Crippen LogP contribution is 2.22. The maximum atomic E-state index is 10.7. The third kappa shape index (κ3) is 5.76. The lowest BCUT2D eigenvalue weighted by Crippen LogP contribution is -2.55. The Bertz CT molecular complexity index is 583.